The van der Waals surface area contributed by atoms with Gasteiger partial charge in [-0.1, -0.05) is 20.8 Å². The minimum atomic E-state index is -1.75. The largest absolute Gasteiger partial charge is 0.416 e. The van der Waals surface area contributed by atoms with Crippen molar-refractivity contribution in [2.24, 2.45) is 5.92 Å². The third-order valence-electron chi connectivity index (χ3n) is 4.43. The second kappa shape index (κ2) is 5.84. The van der Waals surface area contributed by atoms with Gasteiger partial charge in [-0.05, 0) is 43.0 Å². The summed E-state index contributed by atoms with van der Waals surface area (Å²) in [5.41, 5.74) is 0.788. The van der Waals surface area contributed by atoms with Crippen molar-refractivity contribution >= 4 is 8.32 Å². The molecule has 1 saturated carbocycles. The van der Waals surface area contributed by atoms with E-state index in [4.69, 9.17) is 9.53 Å². The molecule has 0 aromatic rings. The molecule has 2 nitrogen and oxygen atoms in total. The van der Waals surface area contributed by atoms with E-state index in [2.05, 4.69) is 33.9 Å². The maximum atomic E-state index is 13.5. The maximum Gasteiger partial charge on any atom is 0.192 e. The summed E-state index contributed by atoms with van der Waals surface area (Å²) in [5, 5.41) is 9.09. The summed E-state index contributed by atoms with van der Waals surface area (Å²) in [6.07, 6.45) is 2.77. The van der Waals surface area contributed by atoms with Crippen LogP contribution in [0.25, 0.3) is 0 Å². The Bertz CT molecular complexity index is 318. The third-order valence-corrected chi connectivity index (χ3v) is 8.93. The molecule has 18 heavy (non-hydrogen) atoms. The van der Waals surface area contributed by atoms with Crippen LogP contribution >= 0.6 is 0 Å². The predicted molar refractivity (Wildman–Crippen MR) is 75.7 cm³/mol. The Kier molecular flexibility index (Phi) is 5.15. The first-order valence-electron chi connectivity index (χ1n) is 6.81. The van der Waals surface area contributed by atoms with Crippen LogP contribution in [-0.2, 0) is 4.43 Å². The lowest BCUT2D eigenvalue weighted by Crippen LogP contribution is -2.41. The zero-order chi connectivity index (χ0) is 14.0. The Balaban J connectivity index is 2.64. The minimum absolute atomic E-state index is 0.172. The van der Waals surface area contributed by atoms with E-state index in [1.165, 1.54) is 0 Å². The lowest BCUT2D eigenvalue weighted by Gasteiger charge is -2.37. The standard InChI is InChI=1S/C14H27FO2Si/c1-14(2,3)18(4,5)17-10-11-7-6-8-12(11)13(15)9-16/h11,16H,6-10H2,1-5H3. The van der Waals surface area contributed by atoms with Gasteiger partial charge in [0, 0.05) is 12.5 Å². The topological polar surface area (TPSA) is 29.5 Å². The van der Waals surface area contributed by atoms with E-state index in [-0.39, 0.29) is 16.8 Å². The average Bonchev–Trinajstić information content (AvgIpc) is 2.72. The van der Waals surface area contributed by atoms with Crippen LogP contribution in [0.2, 0.25) is 18.1 Å². The predicted octanol–water partition coefficient (Wildman–Crippen LogP) is 4.02. The van der Waals surface area contributed by atoms with Gasteiger partial charge in [0.1, 0.15) is 5.83 Å². The van der Waals surface area contributed by atoms with Gasteiger partial charge in [-0.15, -0.1) is 0 Å². The number of aliphatic hydroxyl groups is 1. The van der Waals surface area contributed by atoms with Crippen molar-refractivity contribution in [2.45, 2.75) is 58.2 Å². The first kappa shape index (κ1) is 15.9. The molecule has 0 spiro atoms. The van der Waals surface area contributed by atoms with Gasteiger partial charge in [-0.2, -0.15) is 0 Å². The van der Waals surface area contributed by atoms with Crippen molar-refractivity contribution < 1.29 is 13.9 Å². The second-order valence-corrected chi connectivity index (χ2v) is 11.6. The molecule has 0 saturated heterocycles. The molecule has 1 unspecified atom stereocenters. The van der Waals surface area contributed by atoms with Crippen LogP contribution in [0.4, 0.5) is 4.39 Å². The quantitative estimate of drug-likeness (QED) is 0.784. The zero-order valence-corrected chi connectivity index (χ0v) is 13.3. The number of hydrogen-bond donors (Lipinski definition) is 1. The molecule has 1 atom stereocenters. The summed E-state index contributed by atoms with van der Waals surface area (Å²) in [6, 6.07) is 0. The molecule has 0 heterocycles. The van der Waals surface area contributed by atoms with Gasteiger partial charge in [-0.3, -0.25) is 0 Å². The van der Waals surface area contributed by atoms with E-state index in [1.807, 2.05) is 0 Å². The highest BCUT2D eigenvalue weighted by Gasteiger charge is 2.38. The normalized spacial score (nSPS) is 24.5. The molecule has 4 heteroatoms. The van der Waals surface area contributed by atoms with E-state index in [0.717, 1.165) is 24.8 Å². The van der Waals surface area contributed by atoms with Gasteiger partial charge in [0.2, 0.25) is 0 Å². The Morgan fingerprint density at radius 3 is 2.56 bits per heavy atom. The number of halogens is 1. The molecule has 0 radical (unpaired) electrons. The smallest absolute Gasteiger partial charge is 0.192 e. The minimum Gasteiger partial charge on any atom is -0.416 e. The first-order chi connectivity index (χ1) is 8.19. The van der Waals surface area contributed by atoms with Crippen molar-refractivity contribution in [2.75, 3.05) is 13.2 Å². The molecular formula is C14H27FO2Si. The zero-order valence-electron chi connectivity index (χ0n) is 12.3. The fourth-order valence-corrected chi connectivity index (χ4v) is 3.14. The third kappa shape index (κ3) is 3.65. The van der Waals surface area contributed by atoms with Crippen LogP contribution in [0.3, 0.4) is 0 Å². The van der Waals surface area contributed by atoms with Crippen molar-refractivity contribution in [3.05, 3.63) is 11.4 Å². The molecule has 0 amide bonds. The van der Waals surface area contributed by atoms with Crippen LogP contribution < -0.4 is 0 Å². The summed E-state index contributed by atoms with van der Waals surface area (Å²) < 4.78 is 19.7. The van der Waals surface area contributed by atoms with Gasteiger partial charge in [0.15, 0.2) is 8.32 Å². The molecule has 1 fully saturated rings. The second-order valence-electron chi connectivity index (χ2n) is 6.75. The summed E-state index contributed by atoms with van der Waals surface area (Å²) >= 11 is 0. The van der Waals surface area contributed by atoms with E-state index < -0.39 is 14.9 Å². The molecule has 0 aromatic carbocycles. The Morgan fingerprint density at radius 2 is 2.06 bits per heavy atom. The fourth-order valence-electron chi connectivity index (χ4n) is 2.09. The van der Waals surface area contributed by atoms with Crippen molar-refractivity contribution in [3.8, 4) is 0 Å². The average molecular weight is 274 g/mol. The lowest BCUT2D eigenvalue weighted by atomic mass is 10.0. The van der Waals surface area contributed by atoms with Crippen molar-refractivity contribution in [3.63, 3.8) is 0 Å². The molecule has 0 aliphatic heterocycles. The van der Waals surface area contributed by atoms with E-state index >= 15 is 0 Å². The molecule has 0 bridgehead atoms. The summed E-state index contributed by atoms with van der Waals surface area (Å²) in [4.78, 5) is 0. The van der Waals surface area contributed by atoms with E-state index in [0.29, 0.717) is 6.61 Å². The Morgan fingerprint density at radius 1 is 1.44 bits per heavy atom. The van der Waals surface area contributed by atoms with Crippen molar-refractivity contribution in [1.82, 2.24) is 0 Å². The molecule has 1 aliphatic rings. The highest BCUT2D eigenvalue weighted by molar-refractivity contribution is 6.74. The molecular weight excluding hydrogens is 247 g/mol. The molecule has 1 N–H and O–H groups in total. The van der Waals surface area contributed by atoms with E-state index in [9.17, 15) is 4.39 Å². The first-order valence-corrected chi connectivity index (χ1v) is 9.72. The number of rotatable bonds is 4. The summed E-state index contributed by atoms with van der Waals surface area (Å²) in [7, 11) is -1.75. The van der Waals surface area contributed by atoms with Crippen LogP contribution in [0, 0.1) is 5.92 Å². The molecule has 0 aromatic heterocycles. The van der Waals surface area contributed by atoms with Crippen LogP contribution in [0.5, 0.6) is 0 Å². The van der Waals surface area contributed by atoms with Crippen LogP contribution in [0.1, 0.15) is 40.0 Å². The fraction of sp³-hybridized carbons (Fsp3) is 0.857. The van der Waals surface area contributed by atoms with Gasteiger partial charge < -0.3 is 9.53 Å². The van der Waals surface area contributed by atoms with Gasteiger partial charge in [0.05, 0.1) is 6.61 Å². The van der Waals surface area contributed by atoms with Crippen LogP contribution in [-0.4, -0.2) is 26.6 Å². The summed E-state index contributed by atoms with van der Waals surface area (Å²) in [5.74, 6) is -0.164. The Labute approximate surface area is 111 Å². The van der Waals surface area contributed by atoms with Gasteiger partial charge in [0.25, 0.3) is 0 Å². The SMILES string of the molecule is CC(C)(C)[Si](C)(C)OCC1CCCC1=C(F)CO. The molecule has 1 rings (SSSR count). The monoisotopic (exact) mass is 274 g/mol. The highest BCUT2D eigenvalue weighted by Crippen LogP contribution is 2.39. The number of hydrogen-bond acceptors (Lipinski definition) is 2. The van der Waals surface area contributed by atoms with E-state index in [1.54, 1.807) is 0 Å². The summed E-state index contributed by atoms with van der Waals surface area (Å²) in [6.45, 7) is 11.2. The molecule has 1 aliphatic carbocycles. The van der Waals surface area contributed by atoms with Gasteiger partial charge >= 0.3 is 0 Å². The van der Waals surface area contributed by atoms with Crippen molar-refractivity contribution in [1.29, 1.82) is 0 Å². The number of aliphatic hydroxyl groups excluding tert-OH is 1. The lowest BCUT2D eigenvalue weighted by molar-refractivity contribution is 0.241. The van der Waals surface area contributed by atoms with Crippen LogP contribution in [0.15, 0.2) is 11.4 Å². The van der Waals surface area contributed by atoms with Gasteiger partial charge in [-0.25, -0.2) is 4.39 Å². The maximum absolute atomic E-state index is 13.5. The highest BCUT2D eigenvalue weighted by atomic mass is 28.4. The molecule has 106 valence electrons. The Hall–Kier alpha value is -0.193.